The summed E-state index contributed by atoms with van der Waals surface area (Å²) in [5.74, 6) is -1.30. The van der Waals surface area contributed by atoms with Crippen molar-refractivity contribution in [2.45, 2.75) is 117 Å². The second-order valence-electron chi connectivity index (χ2n) is 15.4. The van der Waals surface area contributed by atoms with Gasteiger partial charge in [-0.15, -0.1) is 0 Å². The molecule has 0 spiro atoms. The molecule has 4 amide bonds. The average Bonchev–Trinajstić information content (AvgIpc) is 3.62. The van der Waals surface area contributed by atoms with Crippen molar-refractivity contribution in [3.63, 3.8) is 0 Å². The second kappa shape index (κ2) is 20.7. The number of hydrogen-bond donors (Lipinski definition) is 3. The Labute approximate surface area is 317 Å². The monoisotopic (exact) mass is 739 g/mol. The van der Waals surface area contributed by atoms with E-state index in [1.165, 1.54) is 0 Å². The molecule has 0 saturated carbocycles. The van der Waals surface area contributed by atoms with Gasteiger partial charge in [-0.3, -0.25) is 24.2 Å². The number of hydrogen-bond acceptors (Lipinski definition) is 8. The highest BCUT2D eigenvalue weighted by molar-refractivity contribution is 5.90. The Hall–Kier alpha value is -3.61. The van der Waals surface area contributed by atoms with Crippen LogP contribution in [0, 0.1) is 23.7 Å². The van der Waals surface area contributed by atoms with Crippen LogP contribution in [0.3, 0.4) is 0 Å². The average molecular weight is 739 g/mol. The fourth-order valence-corrected chi connectivity index (χ4v) is 7.79. The molecule has 8 atom stereocenters. The number of likely N-dealkylation sites (tertiary alicyclic amines) is 1. The number of pyridine rings is 1. The molecule has 3 N–H and O–H groups in total. The van der Waals surface area contributed by atoms with E-state index in [1.54, 1.807) is 33.2 Å². The molecule has 1 aromatic heterocycles. The number of nitrogens with zero attached hydrogens (tertiary/aromatic N) is 3. The molecule has 1 unspecified atom stereocenters. The number of likely N-dealkylation sites (N-methyl/N-ethyl adjacent to an activating group) is 2. The van der Waals surface area contributed by atoms with Crippen molar-refractivity contribution in [1.29, 1.82) is 0 Å². The summed E-state index contributed by atoms with van der Waals surface area (Å²) in [6, 6.07) is 8.21. The summed E-state index contributed by atoms with van der Waals surface area (Å²) in [5.41, 5.74) is 0.904. The molecule has 2 heterocycles. The summed E-state index contributed by atoms with van der Waals surface area (Å²) in [6.07, 6.45) is 3.68. The molecular weight excluding hydrogens is 672 g/mol. The van der Waals surface area contributed by atoms with Crippen LogP contribution in [0.15, 0.2) is 36.5 Å². The molecule has 1 aliphatic rings. The van der Waals surface area contributed by atoms with E-state index in [9.17, 15) is 19.2 Å². The van der Waals surface area contributed by atoms with Crippen molar-refractivity contribution < 1.29 is 28.7 Å². The fraction of sp³-hybridized carbons (Fsp3) is 0.683. The van der Waals surface area contributed by atoms with Gasteiger partial charge >= 0.3 is 0 Å². The van der Waals surface area contributed by atoms with Crippen molar-refractivity contribution >= 4 is 34.4 Å². The number of carbonyl (C=O) groups excluding carboxylic acids is 4. The molecule has 1 saturated heterocycles. The number of rotatable bonds is 20. The molecule has 0 bridgehead atoms. The van der Waals surface area contributed by atoms with Crippen LogP contribution < -0.4 is 16.0 Å². The molecule has 0 radical (unpaired) electrons. The Morgan fingerprint density at radius 1 is 0.962 bits per heavy atom. The first-order valence-corrected chi connectivity index (χ1v) is 19.4. The highest BCUT2D eigenvalue weighted by Gasteiger charge is 2.43. The first-order valence-electron chi connectivity index (χ1n) is 19.4. The highest BCUT2D eigenvalue weighted by atomic mass is 16.5. The van der Waals surface area contributed by atoms with E-state index < -0.39 is 36.3 Å². The molecular formula is C41H66N6O6. The van der Waals surface area contributed by atoms with Gasteiger partial charge in [0.15, 0.2) is 0 Å². The largest absolute Gasteiger partial charge is 0.379 e. The number of carbonyl (C=O) groups is 4. The third-order valence-corrected chi connectivity index (χ3v) is 11.1. The van der Waals surface area contributed by atoms with Crippen molar-refractivity contribution in [2.75, 3.05) is 41.4 Å². The number of nitrogens with one attached hydrogen (secondary N) is 3. The Morgan fingerprint density at radius 2 is 1.62 bits per heavy atom. The van der Waals surface area contributed by atoms with Gasteiger partial charge in [0, 0.05) is 58.1 Å². The van der Waals surface area contributed by atoms with Gasteiger partial charge in [0.1, 0.15) is 6.04 Å². The van der Waals surface area contributed by atoms with Gasteiger partial charge in [-0.05, 0) is 49.1 Å². The van der Waals surface area contributed by atoms with Gasteiger partial charge < -0.3 is 35.2 Å². The normalized spacial score (nSPS) is 18.7. The maximum absolute atomic E-state index is 14.1. The summed E-state index contributed by atoms with van der Waals surface area (Å²) in [5, 5.41) is 11.3. The molecule has 53 heavy (non-hydrogen) atoms. The van der Waals surface area contributed by atoms with Gasteiger partial charge in [0.25, 0.3) is 0 Å². The zero-order chi connectivity index (χ0) is 39.4. The lowest BCUT2D eigenvalue weighted by atomic mass is 9.89. The van der Waals surface area contributed by atoms with E-state index in [2.05, 4.69) is 34.8 Å². The smallest absolute Gasteiger partial charge is 0.245 e. The Kier molecular flexibility index (Phi) is 17.1. The Morgan fingerprint density at radius 3 is 2.21 bits per heavy atom. The minimum Gasteiger partial charge on any atom is -0.379 e. The maximum Gasteiger partial charge on any atom is 0.245 e. The molecule has 12 heteroatoms. The van der Waals surface area contributed by atoms with Crippen molar-refractivity contribution in [3.8, 4) is 0 Å². The number of methoxy groups -OCH3 is 2. The molecule has 1 aromatic carbocycles. The highest BCUT2D eigenvalue weighted by Crippen LogP contribution is 2.29. The third kappa shape index (κ3) is 11.2. The van der Waals surface area contributed by atoms with Crippen LogP contribution in [0.25, 0.3) is 10.8 Å². The van der Waals surface area contributed by atoms with E-state index in [-0.39, 0.29) is 53.8 Å². The number of ether oxygens (including phenoxy) is 2. The van der Waals surface area contributed by atoms with Gasteiger partial charge in [0.05, 0.1) is 42.7 Å². The number of benzene rings is 1. The van der Waals surface area contributed by atoms with Crippen molar-refractivity contribution in [2.24, 2.45) is 23.7 Å². The first-order chi connectivity index (χ1) is 25.2. The topological polar surface area (TPSA) is 142 Å². The predicted octanol–water partition coefficient (Wildman–Crippen LogP) is 4.20. The van der Waals surface area contributed by atoms with E-state index in [4.69, 9.17) is 9.47 Å². The molecule has 12 nitrogen and oxygen atoms in total. The number of amides is 4. The van der Waals surface area contributed by atoms with Gasteiger partial charge in [-0.2, -0.15) is 0 Å². The summed E-state index contributed by atoms with van der Waals surface area (Å²) < 4.78 is 12.0. The van der Waals surface area contributed by atoms with Gasteiger partial charge in [-0.1, -0.05) is 79.2 Å². The molecule has 3 rings (SSSR count). The number of fused-ring (bicyclic) bond motifs is 1. The van der Waals surface area contributed by atoms with Crippen molar-refractivity contribution in [1.82, 2.24) is 30.7 Å². The lowest BCUT2D eigenvalue weighted by Gasteiger charge is -2.41. The van der Waals surface area contributed by atoms with Gasteiger partial charge in [0.2, 0.25) is 23.6 Å². The standard InChI is InChI=1S/C41H66N6O6/c1-12-27(6)37(46(9)41(51)36(26(4)5)45-40(50)35(42-8)25(2)3)33(52-10)23-34(48)47-21-15-18-32(47)38(53-11)28(7)39(49)43-20-19-31-22-29-16-13-14-17-30(29)24-44-31/h13-14,16-17,22,24-28,32-33,35-38,42H,12,15,18-21,23H2,1-11H3,(H,43,49)(H,45,50)/t27-,28+,32-,33+,35-,36-,37?,38+/m0/s1. The van der Waals surface area contributed by atoms with Crippen LogP contribution in [0.4, 0.5) is 0 Å². The van der Waals surface area contributed by atoms with Gasteiger partial charge in [-0.25, -0.2) is 0 Å². The molecule has 296 valence electrons. The fourth-order valence-electron chi connectivity index (χ4n) is 7.79. The first kappa shape index (κ1) is 43.8. The molecule has 1 fully saturated rings. The summed E-state index contributed by atoms with van der Waals surface area (Å²) >= 11 is 0. The van der Waals surface area contributed by atoms with E-state index in [0.29, 0.717) is 25.9 Å². The minimum absolute atomic E-state index is 0.000518. The van der Waals surface area contributed by atoms with E-state index >= 15 is 0 Å². The summed E-state index contributed by atoms with van der Waals surface area (Å²) in [6.45, 7) is 14.7. The van der Waals surface area contributed by atoms with Crippen LogP contribution >= 0.6 is 0 Å². The zero-order valence-corrected chi connectivity index (χ0v) is 34.0. The predicted molar refractivity (Wildman–Crippen MR) is 209 cm³/mol. The quantitative estimate of drug-likeness (QED) is 0.184. The minimum atomic E-state index is -0.747. The van der Waals surface area contributed by atoms with Crippen LogP contribution in [-0.4, -0.2) is 116 Å². The van der Waals surface area contributed by atoms with E-state index in [1.807, 2.05) is 76.0 Å². The SMILES string of the molecule is CC[C@H](C)C([C@@H](CC(=O)N1CCC[C@H]1[C@H](OC)[C@@H](C)C(=O)NCCc1cc2ccccc2cn1)OC)N(C)C(=O)[C@@H](NC(=O)[C@@H](NC)C(C)C)C(C)C. The second-order valence-corrected chi connectivity index (χ2v) is 15.4. The number of aromatic nitrogens is 1. The zero-order valence-electron chi connectivity index (χ0n) is 34.0. The Bertz CT molecular complexity index is 1500. The summed E-state index contributed by atoms with van der Waals surface area (Å²) in [7, 11) is 6.65. The third-order valence-electron chi connectivity index (χ3n) is 11.1. The van der Waals surface area contributed by atoms with Crippen molar-refractivity contribution in [3.05, 3.63) is 42.2 Å². The molecule has 1 aliphatic heterocycles. The van der Waals surface area contributed by atoms with Crippen LogP contribution in [0.5, 0.6) is 0 Å². The maximum atomic E-state index is 14.1. The lowest BCUT2D eigenvalue weighted by molar-refractivity contribution is -0.147. The summed E-state index contributed by atoms with van der Waals surface area (Å²) in [4.78, 5) is 62.9. The molecule has 2 aromatic rings. The Balaban J connectivity index is 1.70. The van der Waals surface area contributed by atoms with Crippen LogP contribution in [-0.2, 0) is 35.1 Å². The van der Waals surface area contributed by atoms with E-state index in [0.717, 1.165) is 29.3 Å². The van der Waals surface area contributed by atoms with Crippen LogP contribution in [0.2, 0.25) is 0 Å². The molecule has 0 aliphatic carbocycles. The van der Waals surface area contributed by atoms with Crippen LogP contribution in [0.1, 0.15) is 79.8 Å². The lowest BCUT2D eigenvalue weighted by Crippen LogP contribution is -2.59.